The summed E-state index contributed by atoms with van der Waals surface area (Å²) in [6.07, 6.45) is 0.907. The molecule has 0 aliphatic carbocycles. The van der Waals surface area contributed by atoms with Crippen LogP contribution in [0.3, 0.4) is 0 Å². The summed E-state index contributed by atoms with van der Waals surface area (Å²) in [7, 11) is 0. The molecule has 0 saturated carbocycles. The average Bonchev–Trinajstić information content (AvgIpc) is 2.86. The van der Waals surface area contributed by atoms with Crippen molar-refractivity contribution < 1.29 is 4.39 Å². The monoisotopic (exact) mass is 366 g/mol. The first kappa shape index (κ1) is 14.2. The van der Waals surface area contributed by atoms with E-state index in [0.29, 0.717) is 16.0 Å². The van der Waals surface area contributed by atoms with Gasteiger partial charge in [-0.1, -0.05) is 13.0 Å². The van der Waals surface area contributed by atoms with Gasteiger partial charge in [0.1, 0.15) is 16.5 Å². The van der Waals surface area contributed by atoms with E-state index in [1.54, 1.807) is 23.5 Å². The first-order valence-electron chi connectivity index (χ1n) is 6.35. The first-order chi connectivity index (χ1) is 10.1. The number of fused-ring (bicyclic) bond motifs is 1. The second-order valence-electron chi connectivity index (χ2n) is 4.44. The highest BCUT2D eigenvalue weighted by atomic mass is 79.9. The third kappa shape index (κ3) is 2.71. The van der Waals surface area contributed by atoms with E-state index in [9.17, 15) is 4.39 Å². The highest BCUT2D eigenvalue weighted by Gasteiger charge is 2.13. The molecule has 3 aromatic rings. The number of benzene rings is 1. The Labute approximate surface area is 133 Å². The molecule has 0 fully saturated rings. The molecule has 0 atom stereocenters. The zero-order valence-electron chi connectivity index (χ0n) is 11.2. The summed E-state index contributed by atoms with van der Waals surface area (Å²) < 4.78 is 14.6. The molecule has 0 unspecified atom stereocenters. The Morgan fingerprint density at radius 3 is 2.90 bits per heavy atom. The predicted molar refractivity (Wildman–Crippen MR) is 88.6 cm³/mol. The van der Waals surface area contributed by atoms with Gasteiger partial charge in [-0.25, -0.2) is 9.37 Å². The van der Waals surface area contributed by atoms with Crippen molar-refractivity contribution in [1.29, 1.82) is 0 Å². The van der Waals surface area contributed by atoms with E-state index < -0.39 is 0 Å². The number of halogens is 2. The summed E-state index contributed by atoms with van der Waals surface area (Å²) in [5.41, 5.74) is 6.08. The Bertz CT molecular complexity index is 798. The van der Waals surface area contributed by atoms with Crippen LogP contribution in [0, 0.1) is 5.82 Å². The molecule has 0 bridgehead atoms. The van der Waals surface area contributed by atoms with Crippen molar-refractivity contribution in [2.45, 2.75) is 13.3 Å². The van der Waals surface area contributed by atoms with E-state index in [1.165, 1.54) is 10.9 Å². The SMILES string of the molecule is CCc1cc2c(Nc3c(F)cccc3Br)nc(N)nc2s1. The lowest BCUT2D eigenvalue weighted by molar-refractivity contribution is 0.631. The Balaban J connectivity index is 2.13. The summed E-state index contributed by atoms with van der Waals surface area (Å²) in [6, 6.07) is 6.79. The number of nitrogens with two attached hydrogens (primary N) is 1. The van der Waals surface area contributed by atoms with Gasteiger partial charge in [0, 0.05) is 9.35 Å². The number of aromatic nitrogens is 2. The Hall–Kier alpha value is -1.73. The van der Waals surface area contributed by atoms with Gasteiger partial charge in [-0.2, -0.15) is 4.98 Å². The van der Waals surface area contributed by atoms with E-state index in [-0.39, 0.29) is 11.8 Å². The number of para-hydroxylation sites is 1. The highest BCUT2D eigenvalue weighted by molar-refractivity contribution is 9.10. The van der Waals surface area contributed by atoms with Crippen LogP contribution < -0.4 is 11.1 Å². The molecule has 0 radical (unpaired) electrons. The van der Waals surface area contributed by atoms with Crippen molar-refractivity contribution in [3.8, 4) is 0 Å². The number of rotatable bonds is 3. The molecule has 21 heavy (non-hydrogen) atoms. The summed E-state index contributed by atoms with van der Waals surface area (Å²) in [5.74, 6) is 0.321. The van der Waals surface area contributed by atoms with Gasteiger partial charge in [0.25, 0.3) is 0 Å². The van der Waals surface area contributed by atoms with Crippen molar-refractivity contribution in [2.24, 2.45) is 0 Å². The van der Waals surface area contributed by atoms with Crippen LogP contribution in [0.15, 0.2) is 28.7 Å². The van der Waals surface area contributed by atoms with E-state index in [0.717, 1.165) is 16.6 Å². The molecule has 3 N–H and O–H groups in total. The number of thiophene rings is 1. The molecule has 7 heteroatoms. The first-order valence-corrected chi connectivity index (χ1v) is 7.96. The fourth-order valence-corrected chi connectivity index (χ4v) is 3.41. The van der Waals surface area contributed by atoms with Crippen LogP contribution in [0.25, 0.3) is 10.2 Å². The standard InChI is InChI=1S/C14H12BrFN4S/c1-2-7-6-8-12(19-14(17)20-13(8)21-7)18-11-9(15)4-3-5-10(11)16/h3-6H,2H2,1H3,(H3,17,18,19,20). The lowest BCUT2D eigenvalue weighted by atomic mass is 10.2. The molecule has 0 spiro atoms. The zero-order valence-corrected chi connectivity index (χ0v) is 13.6. The maximum absolute atomic E-state index is 13.9. The number of aryl methyl sites for hydroxylation is 1. The molecule has 0 saturated heterocycles. The van der Waals surface area contributed by atoms with Gasteiger partial charge in [0.05, 0.1) is 11.1 Å². The number of nitrogens with zero attached hydrogens (tertiary/aromatic N) is 2. The second kappa shape index (κ2) is 5.57. The minimum Gasteiger partial charge on any atom is -0.368 e. The average molecular weight is 367 g/mol. The quantitative estimate of drug-likeness (QED) is 0.716. The Kier molecular flexibility index (Phi) is 3.77. The molecule has 1 aromatic carbocycles. The number of nitrogens with one attached hydrogen (secondary N) is 1. The smallest absolute Gasteiger partial charge is 0.223 e. The molecule has 0 aliphatic rings. The van der Waals surface area contributed by atoms with Gasteiger partial charge >= 0.3 is 0 Å². The van der Waals surface area contributed by atoms with E-state index >= 15 is 0 Å². The molecule has 108 valence electrons. The van der Waals surface area contributed by atoms with Crippen LogP contribution in [-0.2, 0) is 6.42 Å². The molecule has 0 aliphatic heterocycles. The van der Waals surface area contributed by atoms with Crippen molar-refractivity contribution >= 4 is 54.9 Å². The topological polar surface area (TPSA) is 63.8 Å². The minimum atomic E-state index is -0.361. The fourth-order valence-electron chi connectivity index (χ4n) is 1.99. The summed E-state index contributed by atoms with van der Waals surface area (Å²) >= 11 is 4.90. The summed E-state index contributed by atoms with van der Waals surface area (Å²) in [5, 5.41) is 3.86. The normalized spacial score (nSPS) is 11.0. The molecular formula is C14H12BrFN4S. The number of nitrogen functional groups attached to an aromatic ring is 1. The van der Waals surface area contributed by atoms with Crippen LogP contribution in [0.4, 0.5) is 21.8 Å². The van der Waals surface area contributed by atoms with E-state index in [2.05, 4.69) is 38.1 Å². The van der Waals surface area contributed by atoms with Gasteiger partial charge in [-0.15, -0.1) is 11.3 Å². The Morgan fingerprint density at radius 2 is 2.19 bits per heavy atom. The summed E-state index contributed by atoms with van der Waals surface area (Å²) in [4.78, 5) is 10.4. The molecule has 2 aromatic heterocycles. The Morgan fingerprint density at radius 1 is 1.38 bits per heavy atom. The van der Waals surface area contributed by atoms with E-state index in [1.807, 2.05) is 6.07 Å². The summed E-state index contributed by atoms with van der Waals surface area (Å²) in [6.45, 7) is 2.07. The van der Waals surface area contributed by atoms with Gasteiger partial charge in [-0.3, -0.25) is 0 Å². The maximum Gasteiger partial charge on any atom is 0.223 e. The maximum atomic E-state index is 13.9. The largest absolute Gasteiger partial charge is 0.368 e. The van der Waals surface area contributed by atoms with E-state index in [4.69, 9.17) is 5.73 Å². The third-order valence-electron chi connectivity index (χ3n) is 3.02. The van der Waals surface area contributed by atoms with Crippen LogP contribution >= 0.6 is 27.3 Å². The molecule has 4 nitrogen and oxygen atoms in total. The van der Waals surface area contributed by atoms with Gasteiger partial charge in [-0.05, 0) is 40.5 Å². The molecule has 3 rings (SSSR count). The fraction of sp³-hybridized carbons (Fsp3) is 0.143. The van der Waals surface area contributed by atoms with Crippen LogP contribution in [-0.4, -0.2) is 9.97 Å². The van der Waals surface area contributed by atoms with Gasteiger partial charge < -0.3 is 11.1 Å². The van der Waals surface area contributed by atoms with Crippen molar-refractivity contribution in [3.05, 3.63) is 39.4 Å². The van der Waals surface area contributed by atoms with Crippen molar-refractivity contribution in [3.63, 3.8) is 0 Å². The number of hydrogen-bond donors (Lipinski definition) is 2. The molecular weight excluding hydrogens is 355 g/mol. The second-order valence-corrected chi connectivity index (χ2v) is 6.41. The minimum absolute atomic E-state index is 0.168. The lowest BCUT2D eigenvalue weighted by Gasteiger charge is -2.10. The molecule has 0 amide bonds. The van der Waals surface area contributed by atoms with Crippen molar-refractivity contribution in [1.82, 2.24) is 9.97 Å². The third-order valence-corrected chi connectivity index (χ3v) is 4.85. The van der Waals surface area contributed by atoms with Crippen LogP contribution in [0.1, 0.15) is 11.8 Å². The number of anilines is 3. The lowest BCUT2D eigenvalue weighted by Crippen LogP contribution is -2.02. The highest BCUT2D eigenvalue weighted by Crippen LogP contribution is 2.34. The van der Waals surface area contributed by atoms with Gasteiger partial charge in [0.15, 0.2) is 0 Å². The van der Waals surface area contributed by atoms with Crippen LogP contribution in [0.2, 0.25) is 0 Å². The zero-order chi connectivity index (χ0) is 15.0. The van der Waals surface area contributed by atoms with Crippen LogP contribution in [0.5, 0.6) is 0 Å². The predicted octanol–water partition coefficient (Wildman–Crippen LogP) is 4.48. The van der Waals surface area contributed by atoms with Gasteiger partial charge in [0.2, 0.25) is 5.95 Å². The molecule has 2 heterocycles. The number of hydrogen-bond acceptors (Lipinski definition) is 5. The van der Waals surface area contributed by atoms with Crippen molar-refractivity contribution in [2.75, 3.05) is 11.1 Å².